The van der Waals surface area contributed by atoms with Crippen LogP contribution in [0, 0.1) is 13.8 Å². The van der Waals surface area contributed by atoms with Crippen molar-refractivity contribution in [3.05, 3.63) is 39.3 Å². The molecule has 2 aromatic rings. The van der Waals surface area contributed by atoms with Crippen LogP contribution in [-0.4, -0.2) is 43.7 Å². The molecule has 0 atom stereocenters. The lowest BCUT2D eigenvalue weighted by atomic mass is 10.1. The summed E-state index contributed by atoms with van der Waals surface area (Å²) in [6, 6.07) is 4.03. The van der Waals surface area contributed by atoms with Crippen molar-refractivity contribution >= 4 is 41.3 Å². The summed E-state index contributed by atoms with van der Waals surface area (Å²) < 4.78 is 10.8. The Morgan fingerprint density at radius 3 is 2.44 bits per heavy atom. The van der Waals surface area contributed by atoms with E-state index in [-0.39, 0.29) is 24.0 Å². The highest BCUT2D eigenvalue weighted by molar-refractivity contribution is 14.0. The minimum Gasteiger partial charge on any atom is -0.493 e. The summed E-state index contributed by atoms with van der Waals surface area (Å²) in [6.45, 7) is 8.31. The van der Waals surface area contributed by atoms with E-state index >= 15 is 0 Å². The van der Waals surface area contributed by atoms with Gasteiger partial charge in [0.05, 0.1) is 20.8 Å². The van der Waals surface area contributed by atoms with Crippen LogP contribution in [0.5, 0.6) is 11.5 Å². The predicted molar refractivity (Wildman–Crippen MR) is 123 cm³/mol. The van der Waals surface area contributed by atoms with Crippen LogP contribution in [0.4, 0.5) is 0 Å². The average Bonchev–Trinajstić information content (AvgIpc) is 3.05. The first-order chi connectivity index (χ1) is 12.5. The number of hydrogen-bond acceptors (Lipinski definition) is 5. The molecule has 0 amide bonds. The molecule has 0 aliphatic carbocycles. The predicted octanol–water partition coefficient (Wildman–Crippen LogP) is 3.99. The molecule has 8 heteroatoms. The lowest BCUT2D eigenvalue weighted by Gasteiger charge is -2.23. The second-order valence-corrected chi connectivity index (χ2v) is 7.34. The summed E-state index contributed by atoms with van der Waals surface area (Å²) in [5, 5.41) is 4.37. The number of nitrogens with one attached hydrogen (secondary N) is 1. The van der Waals surface area contributed by atoms with Crippen molar-refractivity contribution in [2.45, 2.75) is 33.9 Å². The third-order valence-corrected chi connectivity index (χ3v) is 4.88. The van der Waals surface area contributed by atoms with E-state index < -0.39 is 0 Å². The highest BCUT2D eigenvalue weighted by Gasteiger charge is 2.13. The van der Waals surface area contributed by atoms with Crippen LogP contribution >= 0.6 is 35.3 Å². The van der Waals surface area contributed by atoms with Crippen LogP contribution in [-0.2, 0) is 13.1 Å². The number of guanidine groups is 1. The molecular weight excluding hydrogens is 475 g/mol. The normalized spacial score (nSPS) is 11.0. The monoisotopic (exact) mass is 504 g/mol. The van der Waals surface area contributed by atoms with Gasteiger partial charge in [-0.2, -0.15) is 0 Å². The van der Waals surface area contributed by atoms with Crippen LogP contribution < -0.4 is 14.8 Å². The highest BCUT2D eigenvalue weighted by Crippen LogP contribution is 2.30. The van der Waals surface area contributed by atoms with E-state index in [1.165, 1.54) is 10.4 Å². The molecule has 150 valence electrons. The summed E-state index contributed by atoms with van der Waals surface area (Å²) in [6.07, 6.45) is 1.89. The van der Waals surface area contributed by atoms with Crippen molar-refractivity contribution in [2.75, 3.05) is 27.8 Å². The van der Waals surface area contributed by atoms with Crippen molar-refractivity contribution < 1.29 is 9.47 Å². The molecule has 0 saturated heterocycles. The summed E-state index contributed by atoms with van der Waals surface area (Å²) in [5.74, 6) is 2.34. The molecule has 0 unspecified atom stereocenters. The fourth-order valence-electron chi connectivity index (χ4n) is 2.61. The minimum absolute atomic E-state index is 0. The number of halogens is 1. The molecule has 0 aliphatic heterocycles. The van der Waals surface area contributed by atoms with E-state index in [2.05, 4.69) is 36.0 Å². The van der Waals surface area contributed by atoms with Crippen LogP contribution in [0.15, 0.2) is 23.3 Å². The third-order valence-electron chi connectivity index (χ3n) is 3.98. The Labute approximate surface area is 183 Å². The lowest BCUT2D eigenvalue weighted by molar-refractivity contribution is 0.353. The first kappa shape index (κ1) is 23.5. The molecule has 0 bridgehead atoms. The van der Waals surface area contributed by atoms with E-state index in [9.17, 15) is 0 Å². The summed E-state index contributed by atoms with van der Waals surface area (Å²) in [4.78, 5) is 12.4. The van der Waals surface area contributed by atoms with E-state index in [0.29, 0.717) is 6.54 Å². The molecule has 1 heterocycles. The summed E-state index contributed by atoms with van der Waals surface area (Å²) in [5.41, 5.74) is 2.32. The van der Waals surface area contributed by atoms with E-state index in [1.54, 1.807) is 25.6 Å². The molecule has 6 nitrogen and oxygen atoms in total. The maximum Gasteiger partial charge on any atom is 0.194 e. The van der Waals surface area contributed by atoms with Gasteiger partial charge in [0.15, 0.2) is 17.5 Å². The number of aromatic nitrogens is 1. The molecule has 1 aromatic heterocycles. The zero-order valence-electron chi connectivity index (χ0n) is 16.8. The van der Waals surface area contributed by atoms with Gasteiger partial charge in [-0.15, -0.1) is 35.3 Å². The molecule has 1 aromatic carbocycles. The second-order valence-electron chi connectivity index (χ2n) is 6.02. The smallest absolute Gasteiger partial charge is 0.194 e. The van der Waals surface area contributed by atoms with Gasteiger partial charge in [0.1, 0.15) is 5.01 Å². The number of benzene rings is 1. The molecule has 0 saturated carbocycles. The van der Waals surface area contributed by atoms with Gasteiger partial charge in [-0.05, 0) is 44.0 Å². The fraction of sp³-hybridized carbons (Fsp3) is 0.474. The summed E-state index contributed by atoms with van der Waals surface area (Å²) >= 11 is 1.68. The Morgan fingerprint density at radius 1 is 1.22 bits per heavy atom. The van der Waals surface area contributed by atoms with Gasteiger partial charge in [-0.25, -0.2) is 9.98 Å². The number of hydrogen-bond donors (Lipinski definition) is 1. The molecule has 2 rings (SSSR count). The lowest BCUT2D eigenvalue weighted by Crippen LogP contribution is -2.38. The van der Waals surface area contributed by atoms with Crippen molar-refractivity contribution in [1.29, 1.82) is 0 Å². The molecule has 0 aliphatic rings. The van der Waals surface area contributed by atoms with Gasteiger partial charge >= 0.3 is 0 Å². The molecule has 0 fully saturated rings. The van der Waals surface area contributed by atoms with Crippen molar-refractivity contribution in [3.63, 3.8) is 0 Å². The van der Waals surface area contributed by atoms with Gasteiger partial charge in [0.25, 0.3) is 0 Å². The van der Waals surface area contributed by atoms with Crippen molar-refractivity contribution in [1.82, 2.24) is 15.2 Å². The Morgan fingerprint density at radius 2 is 1.89 bits per heavy atom. The molecular formula is C19H29IN4O2S. The Kier molecular flexibility index (Phi) is 9.86. The fourth-order valence-corrected chi connectivity index (χ4v) is 3.32. The van der Waals surface area contributed by atoms with Crippen molar-refractivity contribution in [2.24, 2.45) is 4.99 Å². The molecule has 0 radical (unpaired) electrons. The van der Waals surface area contributed by atoms with Gasteiger partial charge in [-0.3, -0.25) is 0 Å². The summed E-state index contributed by atoms with van der Waals surface area (Å²) in [7, 11) is 5.34. The SMILES string of the molecule is CCNC(=NCc1ncc(C)s1)N(C)Cc1cc(OC)c(OC)cc1C.I. The number of thiazole rings is 1. The van der Waals surface area contributed by atoms with Crippen LogP contribution in [0.1, 0.15) is 27.9 Å². The number of nitrogens with zero attached hydrogens (tertiary/aromatic N) is 3. The van der Waals surface area contributed by atoms with Crippen LogP contribution in [0.3, 0.4) is 0 Å². The number of aryl methyl sites for hydroxylation is 2. The number of ether oxygens (including phenoxy) is 2. The maximum atomic E-state index is 5.43. The van der Waals surface area contributed by atoms with Crippen LogP contribution in [0.2, 0.25) is 0 Å². The van der Waals surface area contributed by atoms with Gasteiger partial charge < -0.3 is 19.7 Å². The first-order valence-corrected chi connectivity index (χ1v) is 9.42. The Balaban J connectivity index is 0.00000364. The molecule has 0 spiro atoms. The Hall–Kier alpha value is -1.55. The number of rotatable bonds is 7. The molecule has 27 heavy (non-hydrogen) atoms. The van der Waals surface area contributed by atoms with Gasteiger partial charge in [0, 0.05) is 31.2 Å². The van der Waals surface area contributed by atoms with E-state index in [4.69, 9.17) is 14.5 Å². The topological polar surface area (TPSA) is 59.0 Å². The van der Waals surface area contributed by atoms with Gasteiger partial charge in [-0.1, -0.05) is 0 Å². The Bertz CT molecular complexity index is 764. The van der Waals surface area contributed by atoms with Crippen LogP contribution in [0.25, 0.3) is 0 Å². The van der Waals surface area contributed by atoms with Crippen molar-refractivity contribution in [3.8, 4) is 11.5 Å². The second kappa shape index (κ2) is 11.3. The number of aliphatic imine (C=N–C) groups is 1. The minimum atomic E-state index is 0. The van der Waals surface area contributed by atoms with E-state index in [0.717, 1.165) is 41.1 Å². The first-order valence-electron chi connectivity index (χ1n) is 8.60. The standard InChI is InChI=1S/C19H28N4O2S.HI/c1-7-20-19(22-11-18-21-10-14(3)26-18)23(4)12-15-9-17(25-6)16(24-5)8-13(15)2;/h8-10H,7,11-12H2,1-6H3,(H,20,22);1H. The van der Waals surface area contributed by atoms with E-state index in [1.807, 2.05) is 25.4 Å². The number of methoxy groups -OCH3 is 2. The highest BCUT2D eigenvalue weighted by atomic mass is 127. The van der Waals surface area contributed by atoms with Gasteiger partial charge in [0.2, 0.25) is 0 Å². The largest absolute Gasteiger partial charge is 0.493 e. The zero-order valence-corrected chi connectivity index (χ0v) is 20.0. The average molecular weight is 504 g/mol. The third kappa shape index (κ3) is 6.53. The quantitative estimate of drug-likeness (QED) is 0.351. The molecule has 1 N–H and O–H groups in total. The zero-order chi connectivity index (χ0) is 19.1. The maximum absolute atomic E-state index is 5.43.